The second-order valence-corrected chi connectivity index (χ2v) is 3.75. The summed E-state index contributed by atoms with van der Waals surface area (Å²) in [6.45, 7) is 0.393. The molecule has 0 aliphatic rings. The van der Waals surface area contributed by atoms with Crippen molar-refractivity contribution in [2.75, 3.05) is 5.73 Å². The van der Waals surface area contributed by atoms with Crippen LogP contribution in [0, 0.1) is 0 Å². The molecular weight excluding hydrogens is 214 g/mol. The van der Waals surface area contributed by atoms with Crippen LogP contribution >= 0.6 is 11.3 Å². The van der Waals surface area contributed by atoms with Gasteiger partial charge < -0.3 is 10.6 Å². The molecule has 0 saturated carbocycles. The van der Waals surface area contributed by atoms with Gasteiger partial charge in [0.15, 0.2) is 0 Å². The minimum absolute atomic E-state index is 0.292. The molecule has 0 aliphatic heterocycles. The van der Waals surface area contributed by atoms with Crippen LogP contribution in [0.25, 0.3) is 0 Å². The molecule has 0 atom stereocenters. The Morgan fingerprint density at radius 1 is 1.27 bits per heavy atom. The van der Waals surface area contributed by atoms with E-state index in [2.05, 4.69) is 10.2 Å². The topological polar surface area (TPSA) is 70.3 Å². The van der Waals surface area contributed by atoms with Crippen LogP contribution in [0.1, 0.15) is 4.88 Å². The zero-order chi connectivity index (χ0) is 10.5. The Labute approximate surface area is 90.4 Å². The minimum atomic E-state index is 0.292. The first kappa shape index (κ1) is 9.88. The van der Waals surface area contributed by atoms with Crippen LogP contribution < -0.4 is 10.6 Å². The number of nitrogen functional groups attached to an aromatic ring is 1. The number of hydrogen-bond acceptors (Lipinski definition) is 6. The second-order valence-electron chi connectivity index (χ2n) is 2.72. The summed E-state index contributed by atoms with van der Waals surface area (Å²) in [5.41, 5.74) is 5.36. The van der Waals surface area contributed by atoms with E-state index >= 15 is 0 Å². The lowest BCUT2D eigenvalue weighted by Gasteiger charge is -2.01. The second kappa shape index (κ2) is 4.72. The molecule has 0 aromatic carbocycles. The van der Waals surface area contributed by atoms with Gasteiger partial charge in [-0.2, -0.15) is 4.89 Å². The van der Waals surface area contributed by atoms with E-state index < -0.39 is 0 Å². The van der Waals surface area contributed by atoms with Gasteiger partial charge in [0.25, 0.3) is 5.88 Å². The summed E-state index contributed by atoms with van der Waals surface area (Å²) in [4.78, 5) is 11.0. The highest BCUT2D eigenvalue weighted by atomic mass is 32.1. The zero-order valence-electron chi connectivity index (χ0n) is 7.79. The van der Waals surface area contributed by atoms with Gasteiger partial charge in [-0.1, -0.05) is 6.07 Å². The first-order valence-electron chi connectivity index (χ1n) is 4.25. The van der Waals surface area contributed by atoms with Gasteiger partial charge in [0, 0.05) is 10.9 Å². The summed E-state index contributed by atoms with van der Waals surface area (Å²) < 4.78 is 0. The first-order valence-corrected chi connectivity index (χ1v) is 5.13. The summed E-state index contributed by atoms with van der Waals surface area (Å²) in [5, 5.41) is 9.27. The predicted octanol–water partition coefficient (Wildman–Crippen LogP) is 1.63. The van der Waals surface area contributed by atoms with E-state index in [-0.39, 0.29) is 0 Å². The molecule has 15 heavy (non-hydrogen) atoms. The van der Waals surface area contributed by atoms with Crippen molar-refractivity contribution in [3.8, 4) is 5.88 Å². The van der Waals surface area contributed by atoms with Crippen molar-refractivity contribution in [3.05, 3.63) is 34.5 Å². The van der Waals surface area contributed by atoms with Crippen molar-refractivity contribution >= 4 is 17.2 Å². The fraction of sp³-hybridized carbons (Fsp3) is 0.111. The summed E-state index contributed by atoms with van der Waals surface area (Å²) in [5.74, 6) is 0.640. The van der Waals surface area contributed by atoms with Gasteiger partial charge in [0.05, 0.1) is 0 Å². The van der Waals surface area contributed by atoms with Crippen LogP contribution in [0.5, 0.6) is 5.88 Å². The number of aromatic nitrogens is 2. The zero-order valence-corrected chi connectivity index (χ0v) is 8.61. The quantitative estimate of drug-likeness (QED) is 0.630. The number of thiophene rings is 1. The molecule has 2 heterocycles. The molecule has 2 aromatic heterocycles. The van der Waals surface area contributed by atoms with E-state index in [9.17, 15) is 0 Å². The molecule has 2 aromatic rings. The fourth-order valence-electron chi connectivity index (χ4n) is 0.917. The lowest BCUT2D eigenvalue weighted by Crippen LogP contribution is -2.00. The van der Waals surface area contributed by atoms with Crippen LogP contribution in [0.3, 0.4) is 0 Å². The molecular formula is C9H9N3O2S. The van der Waals surface area contributed by atoms with Crippen LogP contribution in [0.2, 0.25) is 0 Å². The number of anilines is 1. The van der Waals surface area contributed by atoms with Gasteiger partial charge in [0.1, 0.15) is 12.4 Å². The summed E-state index contributed by atoms with van der Waals surface area (Å²) in [7, 11) is 0. The number of nitrogens with zero attached hydrogens (tertiary/aromatic N) is 2. The monoisotopic (exact) mass is 223 g/mol. The lowest BCUT2D eigenvalue weighted by atomic mass is 10.5. The largest absolute Gasteiger partial charge is 0.382 e. The Hall–Kier alpha value is -1.66. The Bertz CT molecular complexity index is 402. The summed E-state index contributed by atoms with van der Waals surface area (Å²) in [6, 6.07) is 7.10. The van der Waals surface area contributed by atoms with Gasteiger partial charge in [-0.05, 0) is 17.5 Å². The number of rotatable bonds is 4. The Morgan fingerprint density at radius 2 is 2.20 bits per heavy atom. The third-order valence-corrected chi connectivity index (χ3v) is 2.44. The smallest absolute Gasteiger partial charge is 0.275 e. The SMILES string of the molecule is Nc1ccc(OOCc2cccs2)nn1. The maximum absolute atomic E-state index is 5.36. The van der Waals surface area contributed by atoms with Crippen molar-refractivity contribution in [3.63, 3.8) is 0 Å². The molecule has 0 aliphatic carbocycles. The average molecular weight is 223 g/mol. The summed E-state index contributed by atoms with van der Waals surface area (Å²) >= 11 is 1.60. The van der Waals surface area contributed by atoms with Crippen molar-refractivity contribution in [1.82, 2.24) is 10.2 Å². The normalized spacial score (nSPS) is 10.1. The molecule has 0 radical (unpaired) electrons. The van der Waals surface area contributed by atoms with E-state index in [0.717, 1.165) is 4.88 Å². The standard InChI is InChI=1S/C9H9N3O2S/c10-8-3-4-9(12-11-8)14-13-6-7-2-1-5-15-7/h1-5H,6H2,(H2,10,11). The van der Waals surface area contributed by atoms with Gasteiger partial charge in [0.2, 0.25) is 0 Å². The Morgan fingerprint density at radius 3 is 2.87 bits per heavy atom. The molecule has 0 spiro atoms. The van der Waals surface area contributed by atoms with Crippen molar-refractivity contribution in [1.29, 1.82) is 0 Å². The minimum Gasteiger partial charge on any atom is -0.382 e. The lowest BCUT2D eigenvalue weighted by molar-refractivity contribution is -0.220. The number of nitrogens with two attached hydrogens (primary N) is 1. The number of hydrogen-bond donors (Lipinski definition) is 1. The highest BCUT2D eigenvalue weighted by Crippen LogP contribution is 2.11. The van der Waals surface area contributed by atoms with E-state index in [1.54, 1.807) is 23.5 Å². The third-order valence-electron chi connectivity index (χ3n) is 1.59. The molecule has 2 rings (SSSR count). The first-order chi connectivity index (χ1) is 7.34. The van der Waals surface area contributed by atoms with E-state index in [4.69, 9.17) is 15.5 Å². The van der Waals surface area contributed by atoms with E-state index in [1.165, 1.54) is 0 Å². The van der Waals surface area contributed by atoms with Crippen molar-refractivity contribution in [2.45, 2.75) is 6.61 Å². The highest BCUT2D eigenvalue weighted by molar-refractivity contribution is 7.09. The van der Waals surface area contributed by atoms with E-state index in [0.29, 0.717) is 18.3 Å². The summed E-state index contributed by atoms with van der Waals surface area (Å²) in [6.07, 6.45) is 0. The van der Waals surface area contributed by atoms with Crippen LogP contribution in [-0.4, -0.2) is 10.2 Å². The van der Waals surface area contributed by atoms with Crippen molar-refractivity contribution < 1.29 is 9.78 Å². The molecule has 5 nitrogen and oxygen atoms in total. The van der Waals surface area contributed by atoms with Crippen LogP contribution in [-0.2, 0) is 11.5 Å². The Kier molecular flexibility index (Phi) is 3.11. The molecule has 6 heteroatoms. The molecule has 0 saturated heterocycles. The molecule has 78 valence electrons. The average Bonchev–Trinajstić information content (AvgIpc) is 2.74. The predicted molar refractivity (Wildman–Crippen MR) is 56.2 cm³/mol. The Balaban J connectivity index is 1.81. The maximum Gasteiger partial charge on any atom is 0.275 e. The highest BCUT2D eigenvalue weighted by Gasteiger charge is 1.98. The van der Waals surface area contributed by atoms with Crippen LogP contribution in [0.15, 0.2) is 29.6 Å². The molecule has 2 N–H and O–H groups in total. The van der Waals surface area contributed by atoms with Gasteiger partial charge in [-0.25, -0.2) is 0 Å². The molecule has 0 unspecified atom stereocenters. The van der Waals surface area contributed by atoms with Crippen LogP contribution in [0.4, 0.5) is 5.82 Å². The molecule has 0 amide bonds. The van der Waals surface area contributed by atoms with Crippen molar-refractivity contribution in [2.24, 2.45) is 0 Å². The van der Waals surface area contributed by atoms with Gasteiger partial charge in [-0.15, -0.1) is 21.5 Å². The van der Waals surface area contributed by atoms with Gasteiger partial charge >= 0.3 is 0 Å². The molecule has 0 fully saturated rings. The molecule has 0 bridgehead atoms. The third kappa shape index (κ3) is 2.90. The van der Waals surface area contributed by atoms with E-state index in [1.807, 2.05) is 17.5 Å². The maximum atomic E-state index is 5.36. The fourth-order valence-corrected chi connectivity index (χ4v) is 1.52. The van der Waals surface area contributed by atoms with Gasteiger partial charge in [-0.3, -0.25) is 0 Å².